The van der Waals surface area contributed by atoms with Crippen molar-refractivity contribution in [2.24, 2.45) is 0 Å². The molecule has 0 radical (unpaired) electrons. The van der Waals surface area contributed by atoms with Gasteiger partial charge in [-0.3, -0.25) is 9.36 Å². The van der Waals surface area contributed by atoms with Gasteiger partial charge in [0.05, 0.1) is 6.33 Å². The van der Waals surface area contributed by atoms with Gasteiger partial charge in [-0.25, -0.2) is 15.0 Å². The number of aliphatic hydroxyl groups excluding tert-OH is 2. The van der Waals surface area contributed by atoms with E-state index < -0.39 is 24.5 Å². The molecule has 10 heteroatoms. The van der Waals surface area contributed by atoms with Crippen LogP contribution in [0.3, 0.4) is 0 Å². The zero-order chi connectivity index (χ0) is 23.8. The quantitative estimate of drug-likeness (QED) is 0.263. The normalized spacial score (nSPS) is 22.5. The van der Waals surface area contributed by atoms with E-state index in [1.807, 2.05) is 25.1 Å². The lowest BCUT2D eigenvalue weighted by Gasteiger charge is -2.17. The van der Waals surface area contributed by atoms with Crippen molar-refractivity contribution in [3.05, 3.63) is 25.3 Å². The summed E-state index contributed by atoms with van der Waals surface area (Å²) in [6.07, 6.45) is 8.44. The highest BCUT2D eigenvalue weighted by molar-refractivity contribution is 5.83. The minimum absolute atomic E-state index is 0.125. The van der Waals surface area contributed by atoms with E-state index in [4.69, 9.17) is 9.47 Å². The van der Waals surface area contributed by atoms with E-state index in [0.717, 1.165) is 32.1 Å². The highest BCUT2D eigenvalue weighted by atomic mass is 16.6. The molecular formula is C23H35N5O5. The third-order valence-electron chi connectivity index (χ3n) is 5.82. The minimum atomic E-state index is -1.22. The number of unbranched alkanes of at least 4 members (excludes halogenated alkanes) is 6. The lowest BCUT2D eigenvalue weighted by Crippen LogP contribution is -2.34. The summed E-state index contributed by atoms with van der Waals surface area (Å²) in [5.41, 5.74) is 1.04. The van der Waals surface area contributed by atoms with Crippen molar-refractivity contribution in [1.82, 2.24) is 19.5 Å². The van der Waals surface area contributed by atoms with Gasteiger partial charge in [0.15, 0.2) is 23.2 Å². The number of imidazole rings is 1. The van der Waals surface area contributed by atoms with Gasteiger partial charge in [-0.1, -0.05) is 31.8 Å². The summed E-state index contributed by atoms with van der Waals surface area (Å²) in [4.78, 5) is 26.7. The Morgan fingerprint density at radius 3 is 2.61 bits per heavy atom. The minimum Gasteiger partial charge on any atom is -0.463 e. The molecule has 1 aliphatic heterocycles. The third-order valence-corrected chi connectivity index (χ3v) is 5.82. The van der Waals surface area contributed by atoms with Crippen LogP contribution in [0.5, 0.6) is 0 Å². The second-order valence-electron chi connectivity index (χ2n) is 8.59. The predicted octanol–water partition coefficient (Wildman–Crippen LogP) is 2.36. The maximum Gasteiger partial charge on any atom is 0.305 e. The number of hydrogen-bond acceptors (Lipinski definition) is 9. The van der Waals surface area contributed by atoms with Crippen molar-refractivity contribution in [2.75, 3.05) is 25.6 Å². The first-order valence-electron chi connectivity index (χ1n) is 11.6. The first-order chi connectivity index (χ1) is 15.9. The summed E-state index contributed by atoms with van der Waals surface area (Å²) < 4.78 is 12.7. The molecule has 0 aliphatic carbocycles. The summed E-state index contributed by atoms with van der Waals surface area (Å²) >= 11 is 0. The Morgan fingerprint density at radius 1 is 1.15 bits per heavy atom. The fourth-order valence-electron chi connectivity index (χ4n) is 3.96. The van der Waals surface area contributed by atoms with Crippen LogP contribution in [0.25, 0.3) is 11.2 Å². The molecule has 0 amide bonds. The number of ether oxygens (including phenoxy) is 2. The summed E-state index contributed by atoms with van der Waals surface area (Å²) in [5, 5.41) is 21.0. The van der Waals surface area contributed by atoms with Crippen molar-refractivity contribution in [2.45, 2.75) is 75.9 Å². The number of aliphatic hydroxyl groups is 2. The highest BCUT2D eigenvalue weighted by Gasteiger charge is 2.45. The zero-order valence-electron chi connectivity index (χ0n) is 19.5. The van der Waals surface area contributed by atoms with Crippen LogP contribution in [0.4, 0.5) is 5.82 Å². The summed E-state index contributed by atoms with van der Waals surface area (Å²) in [5.74, 6) is 0.306. The topological polar surface area (TPSA) is 123 Å². The van der Waals surface area contributed by atoms with Crippen molar-refractivity contribution >= 4 is 23.0 Å². The molecule has 2 aromatic rings. The number of rotatable bonds is 13. The number of carbonyl (C=O) groups is 1. The van der Waals surface area contributed by atoms with Gasteiger partial charge in [0.25, 0.3) is 0 Å². The van der Waals surface area contributed by atoms with Crippen molar-refractivity contribution in [3.63, 3.8) is 0 Å². The van der Waals surface area contributed by atoms with Gasteiger partial charge in [0, 0.05) is 20.5 Å². The van der Waals surface area contributed by atoms with Gasteiger partial charge in [0.1, 0.15) is 31.2 Å². The van der Waals surface area contributed by atoms with E-state index in [0.29, 0.717) is 23.4 Å². The van der Waals surface area contributed by atoms with E-state index >= 15 is 0 Å². The number of hydrogen-bond donors (Lipinski definition) is 2. The summed E-state index contributed by atoms with van der Waals surface area (Å²) in [7, 11) is 3.69. The molecule has 182 valence electrons. The number of aromatic nitrogens is 4. The fourth-order valence-corrected chi connectivity index (χ4v) is 3.96. The molecule has 0 unspecified atom stereocenters. The van der Waals surface area contributed by atoms with E-state index in [1.54, 1.807) is 4.57 Å². The molecule has 0 saturated carbocycles. The number of fused-ring (bicyclic) bond motifs is 1. The molecule has 3 heterocycles. The Hall–Kier alpha value is -2.56. The molecule has 2 N–H and O–H groups in total. The van der Waals surface area contributed by atoms with E-state index in [-0.39, 0.29) is 12.6 Å². The first-order valence-corrected chi connectivity index (χ1v) is 11.6. The summed E-state index contributed by atoms with van der Waals surface area (Å²) in [6.45, 7) is 3.59. The molecule has 1 fully saturated rings. The van der Waals surface area contributed by atoms with E-state index in [9.17, 15) is 15.0 Å². The van der Waals surface area contributed by atoms with Crippen LogP contribution in [0.1, 0.15) is 57.6 Å². The largest absolute Gasteiger partial charge is 0.463 e. The number of allylic oxidation sites excluding steroid dienone is 1. The average Bonchev–Trinajstić information content (AvgIpc) is 3.35. The Bertz CT molecular complexity index is 918. The zero-order valence-corrected chi connectivity index (χ0v) is 19.5. The van der Waals surface area contributed by atoms with Crippen molar-refractivity contribution in [1.29, 1.82) is 0 Å². The number of esters is 1. The Balaban J connectivity index is 1.47. The monoisotopic (exact) mass is 461 g/mol. The maximum absolute atomic E-state index is 12.1. The lowest BCUT2D eigenvalue weighted by molar-refractivity contribution is -0.150. The molecule has 0 spiro atoms. The molecule has 2 aromatic heterocycles. The Labute approximate surface area is 194 Å². The summed E-state index contributed by atoms with van der Waals surface area (Å²) in [6, 6.07) is 0. The number of nitrogens with zero attached hydrogens (tertiary/aromatic N) is 5. The van der Waals surface area contributed by atoms with Gasteiger partial charge in [0.2, 0.25) is 0 Å². The van der Waals surface area contributed by atoms with Gasteiger partial charge >= 0.3 is 5.97 Å². The maximum atomic E-state index is 12.1. The molecule has 3 rings (SSSR count). The standard InChI is InChI=1S/C23H35N5O5/c1-4-5-6-7-8-9-10-11-12-17(29)32-13-16-19(30)20(31)23(33-16)28-15-26-18-21(27(2)3)24-14-25-22(18)28/h4,14-16,19-20,23,30-31H,1,5-13H2,2-3H3/t16-,19-,20-,23-/m1/s1. The predicted molar refractivity (Wildman–Crippen MR) is 124 cm³/mol. The van der Waals surface area contributed by atoms with Crippen molar-refractivity contribution in [3.8, 4) is 0 Å². The van der Waals surface area contributed by atoms with Crippen LogP contribution in [0, 0.1) is 0 Å². The first kappa shape index (κ1) is 25.1. The molecule has 33 heavy (non-hydrogen) atoms. The average molecular weight is 462 g/mol. The van der Waals surface area contributed by atoms with Gasteiger partial charge in [-0.05, 0) is 19.3 Å². The molecular weight excluding hydrogens is 426 g/mol. The molecule has 10 nitrogen and oxygen atoms in total. The van der Waals surface area contributed by atoms with E-state index in [2.05, 4.69) is 21.5 Å². The Morgan fingerprint density at radius 2 is 1.88 bits per heavy atom. The molecule has 0 bridgehead atoms. The van der Waals surface area contributed by atoms with Gasteiger partial charge < -0.3 is 24.6 Å². The van der Waals surface area contributed by atoms with Crippen LogP contribution in [0.15, 0.2) is 25.3 Å². The Kier molecular flexibility index (Phi) is 9.16. The van der Waals surface area contributed by atoms with Crippen LogP contribution < -0.4 is 4.90 Å². The van der Waals surface area contributed by atoms with Crippen LogP contribution in [0.2, 0.25) is 0 Å². The van der Waals surface area contributed by atoms with Crippen LogP contribution in [-0.4, -0.2) is 74.7 Å². The second kappa shape index (κ2) is 12.1. The third kappa shape index (κ3) is 6.27. The number of carbonyl (C=O) groups excluding carboxylic acids is 1. The number of anilines is 1. The molecule has 1 saturated heterocycles. The molecule has 1 aliphatic rings. The van der Waals surface area contributed by atoms with Crippen molar-refractivity contribution < 1.29 is 24.5 Å². The van der Waals surface area contributed by atoms with Gasteiger partial charge in [-0.15, -0.1) is 6.58 Å². The van der Waals surface area contributed by atoms with Gasteiger partial charge in [-0.2, -0.15) is 0 Å². The second-order valence-corrected chi connectivity index (χ2v) is 8.59. The smallest absolute Gasteiger partial charge is 0.305 e. The van der Waals surface area contributed by atoms with E-state index in [1.165, 1.54) is 25.5 Å². The SMILES string of the molecule is C=CCCCCCCCCC(=O)OC[C@H]1O[C@@H](n2cnc3c(N(C)C)ncnc32)[C@H](O)[C@@H]1O. The highest BCUT2D eigenvalue weighted by Crippen LogP contribution is 2.32. The lowest BCUT2D eigenvalue weighted by atomic mass is 10.1. The van der Waals surface area contributed by atoms with Crippen LogP contribution in [-0.2, 0) is 14.3 Å². The molecule has 0 aromatic carbocycles. The fraction of sp³-hybridized carbons (Fsp3) is 0.652. The molecule has 4 atom stereocenters. The van der Waals surface area contributed by atoms with Crippen LogP contribution >= 0.6 is 0 Å².